The van der Waals surface area contributed by atoms with Gasteiger partial charge in [0.15, 0.2) is 0 Å². The lowest BCUT2D eigenvalue weighted by atomic mass is 9.95. The second-order valence-electron chi connectivity index (χ2n) is 6.27. The van der Waals surface area contributed by atoms with Crippen molar-refractivity contribution in [2.45, 2.75) is 12.5 Å². The maximum Gasteiger partial charge on any atom is 0.322 e. The summed E-state index contributed by atoms with van der Waals surface area (Å²) in [5.41, 5.74) is 1.70. The number of amides is 3. The van der Waals surface area contributed by atoms with Crippen LogP contribution in [-0.2, 0) is 9.53 Å². The number of benzene rings is 1. The minimum Gasteiger partial charge on any atom is -0.385 e. The number of nitrogens with zero attached hydrogens (tertiary/aromatic N) is 2. The summed E-state index contributed by atoms with van der Waals surface area (Å²) in [6.45, 7) is 5.42. The summed E-state index contributed by atoms with van der Waals surface area (Å²) in [5, 5.41) is 2.83. The minimum atomic E-state index is -0.658. The zero-order chi connectivity index (χ0) is 18.7. The zero-order valence-electron chi connectivity index (χ0n) is 14.7. The van der Waals surface area contributed by atoms with Gasteiger partial charge < -0.3 is 15.0 Å². The Morgan fingerprint density at radius 2 is 2.23 bits per heavy atom. The van der Waals surface area contributed by atoms with E-state index in [9.17, 15) is 14.0 Å². The smallest absolute Gasteiger partial charge is 0.322 e. The number of nitrogens with one attached hydrogen (secondary N) is 1. The summed E-state index contributed by atoms with van der Waals surface area (Å²) in [5.74, 6) is -0.547. The van der Waals surface area contributed by atoms with Crippen molar-refractivity contribution in [2.24, 2.45) is 0 Å². The van der Waals surface area contributed by atoms with Gasteiger partial charge in [-0.2, -0.15) is 0 Å². The number of carbonyl (C=O) groups excluding carboxylic acids is 2. The summed E-state index contributed by atoms with van der Waals surface area (Å²) in [6, 6.07) is 4.99. The molecule has 1 atom stereocenters. The van der Waals surface area contributed by atoms with Gasteiger partial charge >= 0.3 is 6.03 Å². The summed E-state index contributed by atoms with van der Waals surface area (Å²) < 4.78 is 18.7. The molecule has 26 heavy (non-hydrogen) atoms. The Balaban J connectivity index is 1.96. The molecular formula is C19H22FN3O3. The quantitative estimate of drug-likeness (QED) is 0.600. The first kappa shape index (κ1) is 18.1. The first-order valence-corrected chi connectivity index (χ1v) is 8.52. The van der Waals surface area contributed by atoms with Crippen molar-refractivity contribution in [2.75, 3.05) is 33.4 Å². The maximum absolute atomic E-state index is 13.7. The molecule has 6 nitrogen and oxygen atoms in total. The Morgan fingerprint density at radius 1 is 1.42 bits per heavy atom. The maximum atomic E-state index is 13.7. The number of urea groups is 1. The van der Waals surface area contributed by atoms with Gasteiger partial charge in [0.05, 0.1) is 23.9 Å². The second-order valence-corrected chi connectivity index (χ2v) is 6.27. The van der Waals surface area contributed by atoms with E-state index in [1.54, 1.807) is 30.2 Å². The highest BCUT2D eigenvalue weighted by Crippen LogP contribution is 2.36. The van der Waals surface area contributed by atoms with Crippen LogP contribution in [0.25, 0.3) is 0 Å². The van der Waals surface area contributed by atoms with Gasteiger partial charge in [-0.15, -0.1) is 6.58 Å². The van der Waals surface area contributed by atoms with Crippen LogP contribution in [0.4, 0.5) is 9.18 Å². The van der Waals surface area contributed by atoms with E-state index in [1.807, 2.05) is 0 Å². The highest BCUT2D eigenvalue weighted by atomic mass is 19.1. The Bertz CT molecular complexity index is 762. The van der Waals surface area contributed by atoms with E-state index in [4.69, 9.17) is 4.74 Å². The van der Waals surface area contributed by atoms with Gasteiger partial charge in [0.1, 0.15) is 5.82 Å². The molecule has 2 heterocycles. The predicted molar refractivity (Wildman–Crippen MR) is 94.7 cm³/mol. The van der Waals surface area contributed by atoms with Crippen molar-refractivity contribution in [3.63, 3.8) is 0 Å². The lowest BCUT2D eigenvalue weighted by molar-refractivity contribution is -0.125. The van der Waals surface area contributed by atoms with Crippen LogP contribution in [0.15, 0.2) is 48.2 Å². The monoisotopic (exact) mass is 359 g/mol. The van der Waals surface area contributed by atoms with E-state index in [2.05, 4.69) is 11.9 Å². The molecule has 1 unspecified atom stereocenters. The highest BCUT2D eigenvalue weighted by Gasteiger charge is 2.43. The van der Waals surface area contributed by atoms with Crippen LogP contribution < -0.4 is 5.32 Å². The molecule has 0 radical (unpaired) electrons. The minimum absolute atomic E-state index is 0.139. The Labute approximate surface area is 151 Å². The van der Waals surface area contributed by atoms with E-state index < -0.39 is 11.9 Å². The number of rotatable bonds is 7. The van der Waals surface area contributed by atoms with Crippen molar-refractivity contribution >= 4 is 11.9 Å². The fourth-order valence-electron chi connectivity index (χ4n) is 3.39. The van der Waals surface area contributed by atoms with E-state index >= 15 is 0 Å². The van der Waals surface area contributed by atoms with Crippen LogP contribution in [0.2, 0.25) is 0 Å². The Hall–Kier alpha value is -2.67. The zero-order valence-corrected chi connectivity index (χ0v) is 14.7. The van der Waals surface area contributed by atoms with E-state index in [0.717, 1.165) is 0 Å². The van der Waals surface area contributed by atoms with Crippen LogP contribution in [0.3, 0.4) is 0 Å². The highest BCUT2D eigenvalue weighted by molar-refractivity contribution is 6.01. The van der Waals surface area contributed by atoms with E-state index in [1.165, 1.54) is 17.0 Å². The van der Waals surface area contributed by atoms with Crippen molar-refractivity contribution < 1.29 is 18.7 Å². The van der Waals surface area contributed by atoms with Gasteiger partial charge in [-0.25, -0.2) is 9.18 Å². The first-order valence-electron chi connectivity index (χ1n) is 8.52. The van der Waals surface area contributed by atoms with Crippen LogP contribution >= 0.6 is 0 Å². The van der Waals surface area contributed by atoms with Gasteiger partial charge in [0.2, 0.25) is 0 Å². The molecule has 7 heteroatoms. The molecule has 0 saturated heterocycles. The summed E-state index contributed by atoms with van der Waals surface area (Å²) in [7, 11) is 1.61. The van der Waals surface area contributed by atoms with Crippen LogP contribution in [0.5, 0.6) is 0 Å². The molecule has 0 saturated carbocycles. The second kappa shape index (κ2) is 7.70. The summed E-state index contributed by atoms with van der Waals surface area (Å²) in [6.07, 6.45) is 2.32. The van der Waals surface area contributed by atoms with Crippen LogP contribution in [0.1, 0.15) is 18.0 Å². The molecule has 3 amide bonds. The largest absolute Gasteiger partial charge is 0.385 e. The number of methoxy groups -OCH3 is 1. The molecular weight excluding hydrogens is 337 g/mol. The third-order valence-corrected chi connectivity index (χ3v) is 4.57. The van der Waals surface area contributed by atoms with Crippen molar-refractivity contribution in [3.05, 3.63) is 59.6 Å². The standard InChI is InChI=1S/C19H22FN3O3/c1-3-8-23-15-12-22(9-5-10-26-2)18(24)16(15)17(21-19(23)25)13-6-4-7-14(20)11-13/h3-4,6-7,11,17H,1,5,8-10,12H2,2H3,(H,21,25). The fraction of sp³-hybridized carbons (Fsp3) is 0.368. The van der Waals surface area contributed by atoms with Crippen molar-refractivity contribution in [3.8, 4) is 0 Å². The average Bonchev–Trinajstić information content (AvgIpc) is 2.94. The number of halogens is 1. The predicted octanol–water partition coefficient (Wildman–Crippen LogP) is 2.21. The lowest BCUT2D eigenvalue weighted by Crippen LogP contribution is -2.47. The Kier molecular flexibility index (Phi) is 5.37. The molecule has 1 N–H and O–H groups in total. The number of carbonyl (C=O) groups is 2. The molecule has 138 valence electrons. The van der Waals surface area contributed by atoms with E-state index in [-0.39, 0.29) is 11.9 Å². The molecule has 0 bridgehead atoms. The van der Waals surface area contributed by atoms with Gasteiger partial charge in [-0.05, 0) is 24.1 Å². The molecule has 0 spiro atoms. The first-order chi connectivity index (χ1) is 12.6. The fourth-order valence-corrected chi connectivity index (χ4v) is 3.39. The molecule has 1 aromatic carbocycles. The molecule has 2 aliphatic heterocycles. The molecule has 1 aromatic rings. The van der Waals surface area contributed by atoms with Crippen molar-refractivity contribution in [1.29, 1.82) is 0 Å². The van der Waals surface area contributed by atoms with E-state index in [0.29, 0.717) is 49.5 Å². The SMILES string of the molecule is C=CCN1C(=O)NC(c2cccc(F)c2)C2=C1CN(CCCOC)C2=O. The Morgan fingerprint density at radius 3 is 2.92 bits per heavy atom. The van der Waals surface area contributed by atoms with Gasteiger partial charge in [-0.1, -0.05) is 18.2 Å². The molecule has 3 rings (SSSR count). The number of hydrogen-bond donors (Lipinski definition) is 1. The third-order valence-electron chi connectivity index (χ3n) is 4.57. The summed E-state index contributed by atoms with van der Waals surface area (Å²) >= 11 is 0. The van der Waals surface area contributed by atoms with Gasteiger partial charge in [0, 0.05) is 26.8 Å². The molecule has 0 aromatic heterocycles. The van der Waals surface area contributed by atoms with Gasteiger partial charge in [0.25, 0.3) is 5.91 Å². The van der Waals surface area contributed by atoms with Gasteiger partial charge in [-0.3, -0.25) is 9.69 Å². The van der Waals surface area contributed by atoms with Crippen LogP contribution in [-0.4, -0.2) is 55.1 Å². The number of ether oxygens (including phenoxy) is 1. The molecule has 2 aliphatic rings. The topological polar surface area (TPSA) is 61.9 Å². The normalized spacial score (nSPS) is 19.7. The lowest BCUT2D eigenvalue weighted by Gasteiger charge is -2.33. The molecule has 0 fully saturated rings. The summed E-state index contributed by atoms with van der Waals surface area (Å²) in [4.78, 5) is 28.8. The van der Waals surface area contributed by atoms with Crippen LogP contribution in [0, 0.1) is 5.82 Å². The molecule has 0 aliphatic carbocycles. The third kappa shape index (κ3) is 3.35. The number of hydrogen-bond acceptors (Lipinski definition) is 3. The average molecular weight is 359 g/mol. The van der Waals surface area contributed by atoms with Crippen molar-refractivity contribution in [1.82, 2.24) is 15.1 Å².